The molecule has 1 N–H and O–H groups in total. The number of amides is 1. The number of hydrogen-bond acceptors (Lipinski definition) is 2. The average Bonchev–Trinajstić information content (AvgIpc) is 2.70. The van der Waals surface area contributed by atoms with Crippen LogP contribution in [-0.2, 0) is 0 Å². The van der Waals surface area contributed by atoms with E-state index in [0.717, 1.165) is 0 Å². The minimum Gasteiger partial charge on any atom is -0.444 e. The van der Waals surface area contributed by atoms with Gasteiger partial charge in [-0.1, -0.05) is 0 Å². The van der Waals surface area contributed by atoms with Crippen LogP contribution in [0.25, 0.3) is 0 Å². The first-order valence-corrected chi connectivity index (χ1v) is 5.68. The fraction of sp³-hybridized carbons (Fsp3) is 0.0833. The quantitative estimate of drug-likeness (QED) is 0.917. The van der Waals surface area contributed by atoms with Crippen LogP contribution in [0.4, 0.5) is 10.1 Å². The van der Waals surface area contributed by atoms with E-state index in [1.165, 1.54) is 12.1 Å². The number of anilines is 1. The van der Waals surface area contributed by atoms with Gasteiger partial charge in [-0.05, 0) is 58.7 Å². The van der Waals surface area contributed by atoms with Gasteiger partial charge in [0.25, 0.3) is 5.91 Å². The molecular formula is C12H9BrFNO2. The van der Waals surface area contributed by atoms with E-state index in [0.29, 0.717) is 15.9 Å². The summed E-state index contributed by atoms with van der Waals surface area (Å²) >= 11 is 3.11. The number of hydrogen-bond donors (Lipinski definition) is 1. The van der Waals surface area contributed by atoms with Crippen LogP contribution in [0.5, 0.6) is 0 Å². The maximum atomic E-state index is 13.0. The summed E-state index contributed by atoms with van der Waals surface area (Å²) in [4.78, 5) is 11.7. The van der Waals surface area contributed by atoms with Crippen LogP contribution in [0.2, 0.25) is 0 Å². The molecule has 88 valence electrons. The van der Waals surface area contributed by atoms with Gasteiger partial charge in [-0.2, -0.15) is 0 Å². The predicted octanol–water partition coefficient (Wildman–Crippen LogP) is 3.74. The highest BCUT2D eigenvalue weighted by Crippen LogP contribution is 2.17. The Bertz CT molecular complexity index is 565. The van der Waals surface area contributed by atoms with Crippen molar-refractivity contribution in [2.45, 2.75) is 6.92 Å². The van der Waals surface area contributed by atoms with Gasteiger partial charge >= 0.3 is 0 Å². The largest absolute Gasteiger partial charge is 0.444 e. The third-order valence-electron chi connectivity index (χ3n) is 2.21. The normalized spacial score (nSPS) is 10.3. The molecular weight excluding hydrogens is 289 g/mol. The zero-order valence-electron chi connectivity index (χ0n) is 8.96. The molecule has 1 heterocycles. The molecule has 0 bridgehead atoms. The van der Waals surface area contributed by atoms with E-state index < -0.39 is 0 Å². The number of carbonyl (C=O) groups is 1. The highest BCUT2D eigenvalue weighted by atomic mass is 79.9. The lowest BCUT2D eigenvalue weighted by molar-refractivity contribution is 0.0995. The van der Waals surface area contributed by atoms with Gasteiger partial charge in [0.2, 0.25) is 0 Å². The van der Waals surface area contributed by atoms with Gasteiger partial charge in [0.15, 0.2) is 10.4 Å². The van der Waals surface area contributed by atoms with E-state index in [1.807, 2.05) is 0 Å². The number of carbonyl (C=O) groups excluding carboxylic acids is 1. The van der Waals surface area contributed by atoms with Crippen LogP contribution in [0, 0.1) is 12.7 Å². The van der Waals surface area contributed by atoms with Crippen molar-refractivity contribution in [1.29, 1.82) is 0 Å². The number of aryl methyl sites for hydroxylation is 1. The highest BCUT2D eigenvalue weighted by molar-refractivity contribution is 9.10. The second-order valence-corrected chi connectivity index (χ2v) is 4.30. The molecule has 0 saturated carbocycles. The molecule has 2 aromatic rings. The van der Waals surface area contributed by atoms with Crippen LogP contribution < -0.4 is 5.32 Å². The minimum absolute atomic E-state index is 0.193. The number of furan rings is 1. The fourth-order valence-electron chi connectivity index (χ4n) is 1.35. The second-order valence-electron chi connectivity index (χ2n) is 3.52. The minimum atomic E-state index is -0.373. The molecule has 0 fully saturated rings. The van der Waals surface area contributed by atoms with E-state index in [2.05, 4.69) is 21.2 Å². The van der Waals surface area contributed by atoms with Crippen LogP contribution >= 0.6 is 15.9 Å². The Labute approximate surface area is 106 Å². The van der Waals surface area contributed by atoms with Crippen molar-refractivity contribution in [1.82, 2.24) is 0 Å². The van der Waals surface area contributed by atoms with E-state index in [1.54, 1.807) is 25.1 Å². The topological polar surface area (TPSA) is 42.2 Å². The van der Waals surface area contributed by atoms with E-state index in [4.69, 9.17) is 4.42 Å². The Balaban J connectivity index is 2.15. The number of nitrogens with one attached hydrogen (secondary N) is 1. The second kappa shape index (κ2) is 4.71. The van der Waals surface area contributed by atoms with E-state index in [9.17, 15) is 9.18 Å². The third kappa shape index (κ3) is 2.74. The van der Waals surface area contributed by atoms with Crippen molar-refractivity contribution in [2.75, 3.05) is 5.32 Å². The van der Waals surface area contributed by atoms with Crippen molar-refractivity contribution < 1.29 is 13.6 Å². The number of benzene rings is 1. The Kier molecular flexibility index (Phi) is 3.28. The Morgan fingerprint density at radius 2 is 2.12 bits per heavy atom. The zero-order valence-corrected chi connectivity index (χ0v) is 10.5. The number of halogens is 2. The van der Waals surface area contributed by atoms with E-state index >= 15 is 0 Å². The van der Waals surface area contributed by atoms with Crippen LogP contribution in [0.15, 0.2) is 39.4 Å². The number of rotatable bonds is 2. The van der Waals surface area contributed by atoms with Crippen molar-refractivity contribution in [3.63, 3.8) is 0 Å². The molecule has 1 aromatic carbocycles. The average molecular weight is 298 g/mol. The summed E-state index contributed by atoms with van der Waals surface area (Å²) in [6.45, 7) is 1.63. The van der Waals surface area contributed by atoms with Gasteiger partial charge in [-0.15, -0.1) is 0 Å². The molecule has 1 aromatic heterocycles. The summed E-state index contributed by atoms with van der Waals surface area (Å²) in [7, 11) is 0. The van der Waals surface area contributed by atoms with Gasteiger partial charge in [-0.25, -0.2) is 4.39 Å². The molecule has 5 heteroatoms. The Hall–Kier alpha value is -1.62. The zero-order chi connectivity index (χ0) is 12.4. The van der Waals surface area contributed by atoms with Crippen LogP contribution in [-0.4, -0.2) is 5.91 Å². The van der Waals surface area contributed by atoms with Gasteiger partial charge in [0.1, 0.15) is 5.82 Å². The smallest absolute Gasteiger partial charge is 0.291 e. The lowest BCUT2D eigenvalue weighted by Gasteiger charge is -2.04. The van der Waals surface area contributed by atoms with Crippen molar-refractivity contribution in [3.05, 3.63) is 52.1 Å². The van der Waals surface area contributed by atoms with Crippen molar-refractivity contribution in [3.8, 4) is 0 Å². The maximum Gasteiger partial charge on any atom is 0.291 e. The summed E-state index contributed by atoms with van der Waals surface area (Å²) in [6, 6.07) is 7.55. The molecule has 0 saturated heterocycles. The Morgan fingerprint density at radius 1 is 1.35 bits per heavy atom. The molecule has 0 unspecified atom stereocenters. The molecule has 0 aliphatic rings. The molecule has 17 heavy (non-hydrogen) atoms. The highest BCUT2D eigenvalue weighted by Gasteiger charge is 2.11. The SMILES string of the molecule is Cc1cc(NC(=O)c2ccc(Br)o2)ccc1F. The van der Waals surface area contributed by atoms with E-state index in [-0.39, 0.29) is 17.5 Å². The third-order valence-corrected chi connectivity index (χ3v) is 2.64. The first kappa shape index (κ1) is 11.9. The lowest BCUT2D eigenvalue weighted by Crippen LogP contribution is -2.10. The van der Waals surface area contributed by atoms with Crippen molar-refractivity contribution in [2.24, 2.45) is 0 Å². The Morgan fingerprint density at radius 3 is 2.71 bits per heavy atom. The molecule has 0 radical (unpaired) electrons. The first-order valence-electron chi connectivity index (χ1n) is 4.89. The van der Waals surface area contributed by atoms with Crippen molar-refractivity contribution >= 4 is 27.5 Å². The molecule has 0 spiro atoms. The molecule has 0 atom stereocenters. The first-order chi connectivity index (χ1) is 8.06. The molecule has 1 amide bonds. The van der Waals surface area contributed by atoms with Gasteiger partial charge in [0, 0.05) is 5.69 Å². The monoisotopic (exact) mass is 297 g/mol. The molecule has 2 rings (SSSR count). The van der Waals surface area contributed by atoms with Gasteiger partial charge in [0.05, 0.1) is 0 Å². The summed E-state index contributed by atoms with van der Waals surface area (Å²) < 4.78 is 18.6. The predicted molar refractivity (Wildman–Crippen MR) is 65.5 cm³/mol. The van der Waals surface area contributed by atoms with Crippen LogP contribution in [0.1, 0.15) is 16.1 Å². The summed E-state index contributed by atoms with van der Waals surface area (Å²) in [6.07, 6.45) is 0. The molecule has 3 nitrogen and oxygen atoms in total. The van der Waals surface area contributed by atoms with Crippen LogP contribution in [0.3, 0.4) is 0 Å². The fourth-order valence-corrected chi connectivity index (χ4v) is 1.66. The van der Waals surface area contributed by atoms with Gasteiger partial charge < -0.3 is 9.73 Å². The molecule has 0 aliphatic carbocycles. The summed E-state index contributed by atoms with van der Waals surface area (Å²) in [5, 5.41) is 2.62. The maximum absolute atomic E-state index is 13.0. The summed E-state index contributed by atoms with van der Waals surface area (Å²) in [5.74, 6) is -0.482. The van der Waals surface area contributed by atoms with Gasteiger partial charge in [-0.3, -0.25) is 4.79 Å². The summed E-state index contributed by atoms with van der Waals surface area (Å²) in [5.41, 5.74) is 1.00. The standard InChI is InChI=1S/C12H9BrFNO2/c1-7-6-8(2-3-9(7)14)15-12(16)10-4-5-11(13)17-10/h2-6H,1H3,(H,15,16). The lowest BCUT2D eigenvalue weighted by atomic mass is 10.2. The molecule has 0 aliphatic heterocycles.